The number of rotatable bonds is 2. The van der Waals surface area contributed by atoms with Crippen molar-refractivity contribution >= 4 is 10.0 Å². The molecule has 1 aliphatic rings. The largest absolute Gasteiger partial charge is 0.294 e. The molecule has 0 radical (unpaired) electrons. The average Bonchev–Trinajstić information content (AvgIpc) is 2.30. The van der Waals surface area contributed by atoms with Gasteiger partial charge in [-0.25, -0.2) is 23.5 Å². The Hall–Kier alpha value is -1.09. The Bertz CT molecular complexity index is 562. The lowest BCUT2D eigenvalue weighted by Crippen LogP contribution is -2.56. The first-order valence-electron chi connectivity index (χ1n) is 6.00. The van der Waals surface area contributed by atoms with Crippen molar-refractivity contribution in [1.82, 2.24) is 19.8 Å². The highest BCUT2D eigenvalue weighted by Crippen LogP contribution is 2.25. The van der Waals surface area contributed by atoms with Crippen LogP contribution in [0.1, 0.15) is 17.6 Å². The van der Waals surface area contributed by atoms with E-state index in [1.54, 1.807) is 18.1 Å². The molecule has 8 heteroatoms. The number of likely N-dealkylation sites (N-methyl/N-ethyl adjacent to an activating group) is 2. The Morgan fingerprint density at radius 1 is 1.32 bits per heavy atom. The number of hydrogen-bond acceptors (Lipinski definition) is 6. The number of hydrogen-bond donors (Lipinski definition) is 1. The molecule has 0 spiro atoms. The van der Waals surface area contributed by atoms with Gasteiger partial charge in [0.1, 0.15) is 11.2 Å². The van der Waals surface area contributed by atoms with Crippen molar-refractivity contribution in [2.24, 2.45) is 5.14 Å². The third-order valence-corrected chi connectivity index (χ3v) is 4.71. The van der Waals surface area contributed by atoms with E-state index >= 15 is 0 Å². The molecular weight excluding hydrogens is 266 g/mol. The molecule has 2 rings (SSSR count). The van der Waals surface area contributed by atoms with Gasteiger partial charge in [0.15, 0.2) is 0 Å². The van der Waals surface area contributed by atoms with Crippen LogP contribution in [0, 0.1) is 6.92 Å². The molecule has 0 saturated carbocycles. The van der Waals surface area contributed by atoms with E-state index in [1.165, 1.54) is 0 Å². The highest BCUT2D eigenvalue weighted by Gasteiger charge is 2.36. The van der Waals surface area contributed by atoms with E-state index in [-0.39, 0.29) is 6.04 Å². The predicted octanol–water partition coefficient (Wildman–Crippen LogP) is -0.682. The van der Waals surface area contributed by atoms with Crippen molar-refractivity contribution in [2.45, 2.75) is 18.3 Å². The molecule has 1 aromatic heterocycles. The molecule has 1 fully saturated rings. The zero-order valence-corrected chi connectivity index (χ0v) is 12.1. The van der Waals surface area contributed by atoms with Gasteiger partial charge >= 0.3 is 0 Å². The van der Waals surface area contributed by atoms with E-state index in [2.05, 4.69) is 9.97 Å². The fraction of sp³-hybridized carbons (Fsp3) is 0.636. The minimum absolute atomic E-state index is 0.0460. The summed E-state index contributed by atoms with van der Waals surface area (Å²) >= 11 is 0. The van der Waals surface area contributed by atoms with Crippen LogP contribution >= 0.6 is 0 Å². The second kappa shape index (κ2) is 5.12. The van der Waals surface area contributed by atoms with Gasteiger partial charge in [-0.15, -0.1) is 0 Å². The molecule has 1 aliphatic heterocycles. The highest BCUT2D eigenvalue weighted by atomic mass is 32.2. The minimum Gasteiger partial charge on any atom is -0.294 e. The molecule has 1 aromatic rings. The first kappa shape index (κ1) is 14.3. The van der Waals surface area contributed by atoms with Crippen molar-refractivity contribution in [2.75, 3.05) is 27.2 Å². The molecule has 0 aliphatic carbocycles. The molecular formula is C11H19N5O2S. The maximum absolute atomic E-state index is 11.5. The summed E-state index contributed by atoms with van der Waals surface area (Å²) in [5.74, 6) is 0.710. The number of aromatic nitrogens is 2. The third-order valence-electron chi connectivity index (χ3n) is 3.45. The number of sulfonamides is 1. The molecule has 2 heterocycles. The van der Waals surface area contributed by atoms with E-state index in [0.29, 0.717) is 18.9 Å². The maximum atomic E-state index is 11.5. The van der Waals surface area contributed by atoms with E-state index in [0.717, 1.165) is 5.69 Å². The van der Waals surface area contributed by atoms with E-state index in [4.69, 9.17) is 5.14 Å². The Kier molecular flexibility index (Phi) is 3.86. The van der Waals surface area contributed by atoms with Crippen LogP contribution in [-0.4, -0.2) is 60.7 Å². The van der Waals surface area contributed by atoms with Gasteiger partial charge in [0.05, 0.1) is 11.7 Å². The molecule has 0 aromatic carbocycles. The van der Waals surface area contributed by atoms with Crippen molar-refractivity contribution in [1.29, 1.82) is 0 Å². The van der Waals surface area contributed by atoms with Gasteiger partial charge in [-0.05, 0) is 27.1 Å². The minimum atomic E-state index is -3.57. The Labute approximate surface area is 113 Å². The molecule has 2 atom stereocenters. The summed E-state index contributed by atoms with van der Waals surface area (Å²) in [5, 5.41) is 4.58. The summed E-state index contributed by atoms with van der Waals surface area (Å²) in [7, 11) is 0.0790. The van der Waals surface area contributed by atoms with Gasteiger partial charge < -0.3 is 0 Å². The summed E-state index contributed by atoms with van der Waals surface area (Å²) in [6.45, 7) is 2.76. The summed E-state index contributed by atoms with van der Waals surface area (Å²) < 4.78 is 23.0. The van der Waals surface area contributed by atoms with Crippen LogP contribution < -0.4 is 5.14 Å². The normalized spacial score (nSPS) is 26.5. The van der Waals surface area contributed by atoms with Crippen LogP contribution in [-0.2, 0) is 10.0 Å². The molecule has 19 heavy (non-hydrogen) atoms. The van der Waals surface area contributed by atoms with Crippen LogP contribution in [0.5, 0.6) is 0 Å². The number of nitrogens with zero attached hydrogens (tertiary/aromatic N) is 4. The average molecular weight is 285 g/mol. The number of piperazine rings is 1. The van der Waals surface area contributed by atoms with Crippen LogP contribution in [0.3, 0.4) is 0 Å². The first-order valence-corrected chi connectivity index (χ1v) is 7.61. The number of aryl methyl sites for hydroxylation is 1. The summed E-state index contributed by atoms with van der Waals surface area (Å²) in [6.07, 6.45) is 1.72. The van der Waals surface area contributed by atoms with Gasteiger partial charge in [-0.1, -0.05) is 0 Å². The smallest absolute Gasteiger partial charge is 0.226 e. The molecule has 106 valence electrons. The molecule has 2 unspecified atom stereocenters. The van der Waals surface area contributed by atoms with Gasteiger partial charge in [-0.3, -0.25) is 9.80 Å². The fourth-order valence-electron chi connectivity index (χ4n) is 2.38. The predicted molar refractivity (Wildman–Crippen MR) is 71.7 cm³/mol. The topological polar surface area (TPSA) is 92.4 Å². The quantitative estimate of drug-likeness (QED) is 0.774. The Balaban J connectivity index is 2.24. The van der Waals surface area contributed by atoms with E-state index < -0.39 is 15.4 Å². The van der Waals surface area contributed by atoms with Crippen molar-refractivity contribution in [3.05, 3.63) is 23.8 Å². The second-order valence-corrected chi connectivity index (χ2v) is 6.69. The van der Waals surface area contributed by atoms with Gasteiger partial charge in [0, 0.05) is 19.3 Å². The van der Waals surface area contributed by atoms with Crippen LogP contribution in [0.15, 0.2) is 12.3 Å². The molecule has 0 amide bonds. The molecule has 2 N–H and O–H groups in total. The fourth-order valence-corrected chi connectivity index (χ4v) is 3.41. The van der Waals surface area contributed by atoms with Gasteiger partial charge in [0.25, 0.3) is 0 Å². The van der Waals surface area contributed by atoms with Gasteiger partial charge in [-0.2, -0.15) is 0 Å². The van der Waals surface area contributed by atoms with Crippen molar-refractivity contribution in [3.63, 3.8) is 0 Å². The third kappa shape index (κ3) is 3.08. The zero-order valence-electron chi connectivity index (χ0n) is 11.3. The lowest BCUT2D eigenvalue weighted by molar-refractivity contribution is 0.0935. The summed E-state index contributed by atoms with van der Waals surface area (Å²) in [5.41, 5.74) is 0.898. The SMILES string of the molecule is Cc1nccc(C2CN(C)C(S(N)(=O)=O)CN2C)n1. The first-order chi connectivity index (χ1) is 8.79. The Morgan fingerprint density at radius 3 is 2.58 bits per heavy atom. The number of nitrogens with two attached hydrogens (primary N) is 1. The second-order valence-electron chi connectivity index (χ2n) is 4.97. The van der Waals surface area contributed by atoms with Crippen LogP contribution in [0.25, 0.3) is 0 Å². The lowest BCUT2D eigenvalue weighted by Gasteiger charge is -2.41. The maximum Gasteiger partial charge on any atom is 0.226 e. The number of primary sulfonamides is 1. The zero-order chi connectivity index (χ0) is 14.2. The van der Waals surface area contributed by atoms with Crippen molar-refractivity contribution in [3.8, 4) is 0 Å². The Morgan fingerprint density at radius 2 is 2.00 bits per heavy atom. The molecule has 1 saturated heterocycles. The monoisotopic (exact) mass is 285 g/mol. The molecule has 7 nitrogen and oxygen atoms in total. The van der Waals surface area contributed by atoms with Crippen molar-refractivity contribution < 1.29 is 8.42 Å². The van der Waals surface area contributed by atoms with Crippen LogP contribution in [0.4, 0.5) is 0 Å². The van der Waals surface area contributed by atoms with E-state index in [1.807, 2.05) is 24.9 Å². The summed E-state index contributed by atoms with van der Waals surface area (Å²) in [6, 6.07) is 1.91. The lowest BCUT2D eigenvalue weighted by atomic mass is 10.1. The highest BCUT2D eigenvalue weighted by molar-refractivity contribution is 7.89. The van der Waals surface area contributed by atoms with Crippen LogP contribution in [0.2, 0.25) is 0 Å². The van der Waals surface area contributed by atoms with Gasteiger partial charge in [0.2, 0.25) is 10.0 Å². The summed E-state index contributed by atoms with van der Waals surface area (Å²) in [4.78, 5) is 12.2. The van der Waals surface area contributed by atoms with E-state index in [9.17, 15) is 8.42 Å². The molecule has 0 bridgehead atoms. The standard InChI is InChI=1S/C11H19N5O2S/c1-8-13-5-4-9(14-8)10-6-16(3)11(7-15(10)2)19(12,17)18/h4-5,10-11H,6-7H2,1-3H3,(H2,12,17,18).